The highest BCUT2D eigenvalue weighted by Gasteiger charge is 2.38. The number of hydrogen-bond donors (Lipinski definition) is 5. The van der Waals surface area contributed by atoms with E-state index in [1.54, 1.807) is 48.8 Å². The minimum atomic E-state index is -4.69. The predicted octanol–water partition coefficient (Wildman–Crippen LogP) is 18.6. The molecule has 688 valence electrons. The first kappa shape index (κ1) is 92.3. The summed E-state index contributed by atoms with van der Waals surface area (Å²) >= 11 is 12.5. The van der Waals surface area contributed by atoms with Gasteiger partial charge in [-0.15, -0.1) is 0 Å². The number of hydrogen-bond acceptors (Lipinski definition) is 23. The third-order valence-electron chi connectivity index (χ3n) is 25.9. The van der Waals surface area contributed by atoms with E-state index >= 15 is 0 Å². The number of rotatable bonds is 27. The molecule has 4 aromatic heterocycles. The van der Waals surface area contributed by atoms with Gasteiger partial charge in [-0.3, -0.25) is 39.6 Å². The maximum atomic E-state index is 14.1. The summed E-state index contributed by atoms with van der Waals surface area (Å²) in [7, 11) is -9.34. The Labute approximate surface area is 770 Å². The van der Waals surface area contributed by atoms with Gasteiger partial charge in [-0.1, -0.05) is 92.7 Å². The second-order valence-corrected chi connectivity index (χ2v) is 41.0. The number of nitro benzene ring substituents is 2. The van der Waals surface area contributed by atoms with Crippen LogP contribution in [-0.4, -0.2) is 171 Å². The van der Waals surface area contributed by atoms with E-state index in [1.165, 1.54) is 77.0 Å². The average Bonchev–Trinajstić information content (AvgIpc) is 1.76. The van der Waals surface area contributed by atoms with Gasteiger partial charge in [0.2, 0.25) is 0 Å². The van der Waals surface area contributed by atoms with Crippen molar-refractivity contribution in [1.29, 1.82) is 0 Å². The molecular formula is C97H107Cl2N13O17S2. The zero-order chi connectivity index (χ0) is 92.0. The molecule has 0 unspecified atom stereocenters. The fourth-order valence-electron chi connectivity index (χ4n) is 18.6. The number of allylic oxidation sites excluding steroid dienone is 2. The largest absolute Gasteiger partial charge is 0.493 e. The fourth-order valence-corrected chi connectivity index (χ4v) is 20.9. The van der Waals surface area contributed by atoms with Crippen LogP contribution in [0.2, 0.25) is 10.0 Å². The first-order chi connectivity index (χ1) is 62.8. The van der Waals surface area contributed by atoms with Crippen LogP contribution >= 0.6 is 23.2 Å². The van der Waals surface area contributed by atoms with E-state index in [2.05, 4.69) is 106 Å². The Morgan fingerprint density at radius 1 is 0.565 bits per heavy atom. The quantitative estimate of drug-likeness (QED) is 0.0236. The predicted molar refractivity (Wildman–Crippen MR) is 501 cm³/mol. The number of amides is 3. The lowest BCUT2D eigenvalue weighted by Gasteiger charge is -2.39. The van der Waals surface area contributed by atoms with Gasteiger partial charge in [0.25, 0.3) is 43.2 Å². The zero-order valence-corrected chi connectivity index (χ0v) is 77.0. The molecule has 6 aromatic carbocycles. The Balaban J connectivity index is 0.000000192. The van der Waals surface area contributed by atoms with Crippen LogP contribution in [0.15, 0.2) is 179 Å². The summed E-state index contributed by atoms with van der Waals surface area (Å²) < 4.78 is 89.8. The van der Waals surface area contributed by atoms with Crippen molar-refractivity contribution in [2.75, 3.05) is 95.0 Å². The second-order valence-electron chi connectivity index (χ2n) is 36.7. The highest BCUT2D eigenvalue weighted by molar-refractivity contribution is 7.90. The SMILES string of the molecule is CC(=O)CCC[C@@H]1COc2cc(S(=O)(=O)NC(=O)c3ccc(N4CCN(CC5=C(c6ccc(Cl)cc6)CC(C)(C)CC5)CC4)cc3Oc3cnc4[nH]ccc4c3)cc([N+](=O)[O-])c2C1.CC1(C)CCC(CN2CCN(c3ccc(C(=O)NS(=O)(=O)c4cc5c(c([N+](=O)[O-])c4)C[C@@H](CNC(=O)OC4CCCCC4)CO5)c(Oc4cnc5[nH]ccc5c4)c3)CC2)=C(c2ccc(Cl)cc2)C1. The molecule has 5 N–H and O–H groups in total. The second kappa shape index (κ2) is 39.6. The number of piperazine rings is 2. The van der Waals surface area contributed by atoms with Crippen molar-refractivity contribution in [3.8, 4) is 34.5 Å². The molecule has 7 aliphatic rings. The number of ether oxygens (including phenoxy) is 5. The summed E-state index contributed by atoms with van der Waals surface area (Å²) in [5, 5.41) is 30.4. The first-order valence-corrected chi connectivity index (χ1v) is 48.3. The standard InChI is InChI=1S/C50H56ClN7O9S.C47H51ClN6O8S/c1-50(2)16-14-35(43(27-50)33-8-10-36(51)11-9-33)30-56-18-20-57(21-19-56)37-12-13-41(46(24-37)66-39-23-34-15-17-52-47(34)53-29-39)48(59)55-68(63,64)40-25-44(58(61)62)42-22-32(31-65-45(42)26-40)28-54-49(60)67-38-6-4-3-5-7-38;1-30(55)5-4-6-31-21-40-42(54(57)58)24-38(25-43(40)61-29-31)63(59,60)51-46(56)39-12-11-36(23-44(39)62-37-22-33-14-16-49-45(33)50-27-37)53-19-17-52(18-20-53)28-34-13-15-47(2,3)26-41(34)32-7-9-35(48)10-8-32/h8-13,15,17,23-26,29,32,38H,3-7,14,16,18-22,27-28,30-31H2,1-2H3,(H,52,53)(H,54,60)(H,55,59);7-12,14,16,22-25,27,31H,4-6,13,15,17-21,26,28-29H2,1-3H3,(H,49,50)(H,51,56)/t32-;31-/m00/s1. The number of aromatic nitrogens is 4. The Morgan fingerprint density at radius 3 is 1.45 bits per heavy atom. The number of carbonyl (C=O) groups is 4. The molecule has 4 aliphatic heterocycles. The minimum absolute atomic E-state index is 0.00980. The van der Waals surface area contributed by atoms with E-state index in [4.69, 9.17) is 46.9 Å². The van der Waals surface area contributed by atoms with Crippen LogP contribution in [0, 0.1) is 42.9 Å². The van der Waals surface area contributed by atoms with Crippen LogP contribution in [0.3, 0.4) is 0 Å². The van der Waals surface area contributed by atoms with Crippen LogP contribution in [-0.2, 0) is 42.4 Å². The number of aromatic amines is 2. The topological polar surface area (TPSA) is 375 Å². The van der Waals surface area contributed by atoms with Gasteiger partial charge < -0.3 is 53.6 Å². The minimum Gasteiger partial charge on any atom is -0.493 e. The number of pyridine rings is 2. The number of nitrogens with one attached hydrogen (secondary N) is 5. The van der Waals surface area contributed by atoms with Gasteiger partial charge >= 0.3 is 6.09 Å². The maximum absolute atomic E-state index is 14.1. The van der Waals surface area contributed by atoms with E-state index in [0.717, 1.165) is 154 Å². The number of H-pyrrole nitrogens is 2. The van der Waals surface area contributed by atoms with Gasteiger partial charge in [-0.25, -0.2) is 41.0 Å². The van der Waals surface area contributed by atoms with Crippen molar-refractivity contribution in [3.05, 3.63) is 233 Å². The summed E-state index contributed by atoms with van der Waals surface area (Å²) in [5.41, 5.74) is 10.9. The van der Waals surface area contributed by atoms with Crippen molar-refractivity contribution in [1.82, 2.24) is 44.5 Å². The number of carbonyl (C=O) groups excluding carboxylic acids is 4. The fraction of sp³-hybridized carbons (Fsp3) is 0.402. The monoisotopic (exact) mass is 1860 g/mol. The van der Waals surface area contributed by atoms with Crippen molar-refractivity contribution < 1.29 is 69.5 Å². The highest BCUT2D eigenvalue weighted by atomic mass is 35.5. The zero-order valence-electron chi connectivity index (χ0n) is 73.8. The molecule has 3 amide bonds. The molecule has 1 saturated carbocycles. The number of alkyl carbamates (subject to hydrolysis) is 1. The number of nitrogens with zero attached hydrogens (tertiary/aromatic N) is 8. The third-order valence-corrected chi connectivity index (χ3v) is 29.0. The molecule has 0 spiro atoms. The molecule has 0 bridgehead atoms. The van der Waals surface area contributed by atoms with Gasteiger partial charge in [-0.2, -0.15) is 0 Å². The number of nitro groups is 2. The highest BCUT2D eigenvalue weighted by Crippen LogP contribution is 2.48. The molecule has 131 heavy (non-hydrogen) atoms. The van der Waals surface area contributed by atoms with Crippen LogP contribution in [0.1, 0.15) is 167 Å². The van der Waals surface area contributed by atoms with E-state index in [0.29, 0.717) is 74.7 Å². The van der Waals surface area contributed by atoms with Gasteiger partial charge in [0.15, 0.2) is 0 Å². The summed E-state index contributed by atoms with van der Waals surface area (Å²) in [6.07, 6.45) is 19.1. The molecule has 0 radical (unpaired) electrons. The molecule has 10 aromatic rings. The summed E-state index contributed by atoms with van der Waals surface area (Å²) in [6.45, 7) is 19.0. The van der Waals surface area contributed by atoms with Crippen LogP contribution < -0.4 is 43.5 Å². The number of ketones is 1. The van der Waals surface area contributed by atoms with Crippen LogP contribution in [0.5, 0.6) is 34.5 Å². The molecule has 30 nitrogen and oxygen atoms in total. The van der Waals surface area contributed by atoms with E-state index in [9.17, 15) is 56.2 Å². The van der Waals surface area contributed by atoms with Crippen molar-refractivity contribution in [3.63, 3.8) is 0 Å². The first-order valence-electron chi connectivity index (χ1n) is 44.6. The van der Waals surface area contributed by atoms with Gasteiger partial charge in [0, 0.05) is 165 Å². The number of Topliss-reactive ketones (excluding diaryl/α,β-unsaturated/α-hetero) is 1. The molecule has 17 rings (SSSR count). The Hall–Kier alpha value is -11.9. The number of anilines is 2. The summed E-state index contributed by atoms with van der Waals surface area (Å²) in [6, 6.07) is 37.8. The smallest absolute Gasteiger partial charge is 0.407 e. The summed E-state index contributed by atoms with van der Waals surface area (Å²) in [5.74, 6) is -1.37. The molecule has 8 heterocycles. The molecule has 3 aliphatic carbocycles. The molecule has 2 saturated heterocycles. The maximum Gasteiger partial charge on any atom is 0.407 e. The van der Waals surface area contributed by atoms with Crippen molar-refractivity contribution in [2.24, 2.45) is 22.7 Å². The Kier molecular flexibility index (Phi) is 27.9. The lowest BCUT2D eigenvalue weighted by atomic mass is 9.72. The number of benzene rings is 6. The molecule has 3 fully saturated rings. The van der Waals surface area contributed by atoms with Gasteiger partial charge in [0.05, 0.1) is 67.5 Å². The van der Waals surface area contributed by atoms with E-state index in [1.807, 2.05) is 36.4 Å². The van der Waals surface area contributed by atoms with Crippen LogP contribution in [0.4, 0.5) is 27.5 Å². The molecule has 34 heteroatoms. The lowest BCUT2D eigenvalue weighted by Crippen LogP contribution is -2.47. The van der Waals surface area contributed by atoms with Gasteiger partial charge in [0.1, 0.15) is 57.7 Å². The lowest BCUT2D eigenvalue weighted by molar-refractivity contribution is -0.386. The molecule has 2 atom stereocenters. The Bertz CT molecular complexity index is 6320. The Morgan fingerprint density at radius 2 is 1.01 bits per heavy atom. The van der Waals surface area contributed by atoms with Crippen molar-refractivity contribution in [2.45, 2.75) is 153 Å². The normalized spacial score (nSPS) is 18.4. The van der Waals surface area contributed by atoms with Gasteiger partial charge in [-0.05, 0) is 209 Å². The molecular weight excluding hydrogens is 1750 g/mol. The van der Waals surface area contributed by atoms with E-state index < -0.39 is 69.0 Å². The third kappa shape index (κ3) is 22.6. The van der Waals surface area contributed by atoms with E-state index in [-0.39, 0.29) is 106 Å². The summed E-state index contributed by atoms with van der Waals surface area (Å²) in [4.78, 5) is 98.6. The number of halogens is 2. The average molecular weight is 1860 g/mol. The van der Waals surface area contributed by atoms with Crippen molar-refractivity contribution >= 4 is 123 Å². The number of sulfonamides is 2. The van der Waals surface area contributed by atoms with Crippen LogP contribution in [0.25, 0.3) is 33.2 Å². The number of fused-ring (bicyclic) bond motifs is 4.